The minimum absolute atomic E-state index is 0.143. The molecule has 0 unspecified atom stereocenters. The van der Waals surface area contributed by atoms with Gasteiger partial charge >= 0.3 is 0 Å². The van der Waals surface area contributed by atoms with E-state index in [1.54, 1.807) is 30.1 Å². The van der Waals surface area contributed by atoms with E-state index in [4.69, 9.17) is 17.3 Å². The second-order valence-electron chi connectivity index (χ2n) is 8.23. The van der Waals surface area contributed by atoms with E-state index in [1.807, 2.05) is 0 Å². The normalized spacial score (nSPS) is 21.4. The molecule has 0 bridgehead atoms. The molecule has 1 atom stereocenters. The Bertz CT molecular complexity index is 939. The lowest BCUT2D eigenvalue weighted by Crippen LogP contribution is -2.42. The first-order chi connectivity index (χ1) is 13.4. The van der Waals surface area contributed by atoms with Gasteiger partial charge < -0.3 is 10.6 Å². The van der Waals surface area contributed by atoms with Crippen LogP contribution in [0.25, 0.3) is 0 Å². The molecule has 150 valence electrons. The van der Waals surface area contributed by atoms with Crippen LogP contribution in [0.2, 0.25) is 5.02 Å². The van der Waals surface area contributed by atoms with Crippen LogP contribution < -0.4 is 16.2 Å². The molecule has 3 heterocycles. The molecule has 4 rings (SSSR count). The Kier molecular flexibility index (Phi) is 5.31. The molecule has 0 aromatic carbocycles. The first kappa shape index (κ1) is 19.6. The number of nitrogens with zero attached hydrogens (tertiary/aromatic N) is 4. The van der Waals surface area contributed by atoms with Crippen molar-refractivity contribution >= 4 is 35.1 Å². The second kappa shape index (κ2) is 7.59. The summed E-state index contributed by atoms with van der Waals surface area (Å²) < 4.78 is 1.61. The minimum Gasteiger partial charge on any atom is -0.382 e. The summed E-state index contributed by atoms with van der Waals surface area (Å²) in [6.45, 7) is 4.21. The summed E-state index contributed by atoms with van der Waals surface area (Å²) in [6.07, 6.45) is 9.53. The smallest absolute Gasteiger partial charge is 0.270 e. The van der Waals surface area contributed by atoms with Crippen LogP contribution in [0, 0.1) is 11.3 Å². The maximum atomic E-state index is 13.0. The molecular weight excluding hydrogens is 394 g/mol. The van der Waals surface area contributed by atoms with Gasteiger partial charge in [-0.3, -0.25) is 14.3 Å². The highest BCUT2D eigenvalue weighted by atomic mass is 35.5. The van der Waals surface area contributed by atoms with Gasteiger partial charge in [-0.05, 0) is 43.1 Å². The first-order valence-electron chi connectivity index (χ1n) is 9.77. The predicted octanol–water partition coefficient (Wildman–Crippen LogP) is 3.97. The van der Waals surface area contributed by atoms with E-state index in [1.165, 1.54) is 31.0 Å². The number of nitrogens with two attached hydrogens (primary N) is 1. The number of rotatable bonds is 3. The van der Waals surface area contributed by atoms with Gasteiger partial charge in [0.2, 0.25) is 5.95 Å². The average Bonchev–Trinajstić information content (AvgIpc) is 3.04. The summed E-state index contributed by atoms with van der Waals surface area (Å²) in [5.41, 5.74) is 6.55. The van der Waals surface area contributed by atoms with Gasteiger partial charge in [-0.15, -0.1) is 0 Å². The van der Waals surface area contributed by atoms with Crippen LogP contribution >= 0.6 is 23.4 Å². The number of nitrogen functional groups attached to an aromatic ring is 1. The lowest BCUT2D eigenvalue weighted by atomic mass is 9.76. The lowest BCUT2D eigenvalue weighted by Gasteiger charge is -2.40. The topological polar surface area (TPSA) is 77.0 Å². The Morgan fingerprint density at radius 3 is 2.71 bits per heavy atom. The van der Waals surface area contributed by atoms with Gasteiger partial charge in [0.05, 0.1) is 5.02 Å². The van der Waals surface area contributed by atoms with Crippen molar-refractivity contribution in [3.05, 3.63) is 33.8 Å². The number of aromatic nitrogens is 3. The van der Waals surface area contributed by atoms with E-state index in [0.29, 0.717) is 21.3 Å². The fraction of sp³-hybridized carbons (Fsp3) is 0.550. The maximum absolute atomic E-state index is 13.0. The molecule has 8 heteroatoms. The van der Waals surface area contributed by atoms with E-state index < -0.39 is 0 Å². The summed E-state index contributed by atoms with van der Waals surface area (Å²) in [4.78, 5) is 24.9. The van der Waals surface area contributed by atoms with Gasteiger partial charge in [-0.25, -0.2) is 0 Å². The molecule has 2 aromatic heterocycles. The number of hydrogen-bond donors (Lipinski definition) is 1. The first-order valence-corrected chi connectivity index (χ1v) is 11.0. The molecule has 28 heavy (non-hydrogen) atoms. The van der Waals surface area contributed by atoms with Gasteiger partial charge in [0.1, 0.15) is 10.7 Å². The van der Waals surface area contributed by atoms with Crippen LogP contribution in [0.1, 0.15) is 39.0 Å². The van der Waals surface area contributed by atoms with Crippen LogP contribution in [-0.4, -0.2) is 27.6 Å². The Balaban J connectivity index is 1.57. The Labute approximate surface area is 174 Å². The molecule has 2 aliphatic rings. The molecule has 0 radical (unpaired) electrons. The highest BCUT2D eigenvalue weighted by molar-refractivity contribution is 7.99. The Morgan fingerprint density at radius 2 is 2.07 bits per heavy atom. The van der Waals surface area contributed by atoms with Gasteiger partial charge in [-0.2, -0.15) is 4.98 Å². The van der Waals surface area contributed by atoms with Crippen molar-refractivity contribution < 1.29 is 0 Å². The number of hydrogen-bond acceptors (Lipinski definition) is 6. The third-order valence-electron chi connectivity index (χ3n) is 6.26. The average molecular weight is 420 g/mol. The lowest BCUT2D eigenvalue weighted by molar-refractivity contribution is 0.217. The monoisotopic (exact) mass is 419 g/mol. The maximum Gasteiger partial charge on any atom is 0.270 e. The van der Waals surface area contributed by atoms with Crippen molar-refractivity contribution in [2.75, 3.05) is 23.7 Å². The molecule has 2 fully saturated rings. The molecule has 1 aliphatic carbocycles. The molecule has 1 saturated heterocycles. The summed E-state index contributed by atoms with van der Waals surface area (Å²) in [5, 5.41) is 0.491. The van der Waals surface area contributed by atoms with Crippen molar-refractivity contribution in [3.63, 3.8) is 0 Å². The summed E-state index contributed by atoms with van der Waals surface area (Å²) >= 11 is 7.42. The fourth-order valence-electron chi connectivity index (χ4n) is 4.65. The zero-order chi connectivity index (χ0) is 19.9. The molecule has 2 N–H and O–H groups in total. The Hall–Kier alpha value is -1.73. The summed E-state index contributed by atoms with van der Waals surface area (Å²) in [6, 6.07) is 1.77. The predicted molar refractivity (Wildman–Crippen MR) is 114 cm³/mol. The largest absolute Gasteiger partial charge is 0.382 e. The summed E-state index contributed by atoms with van der Waals surface area (Å²) in [5.74, 6) is 1.75. The van der Waals surface area contributed by atoms with Crippen LogP contribution in [0.4, 0.5) is 11.8 Å². The van der Waals surface area contributed by atoms with Crippen LogP contribution in [0.3, 0.4) is 0 Å². The molecule has 0 amide bonds. The Morgan fingerprint density at radius 1 is 1.32 bits per heavy atom. The van der Waals surface area contributed by atoms with Crippen molar-refractivity contribution in [1.82, 2.24) is 14.5 Å². The van der Waals surface area contributed by atoms with Crippen molar-refractivity contribution in [2.45, 2.75) is 48.8 Å². The van der Waals surface area contributed by atoms with Gasteiger partial charge in [0.25, 0.3) is 5.56 Å². The number of anilines is 2. The third-order valence-corrected chi connectivity index (χ3v) is 7.83. The van der Waals surface area contributed by atoms with E-state index in [0.717, 1.165) is 36.7 Å². The molecule has 6 nitrogen and oxygen atoms in total. The van der Waals surface area contributed by atoms with E-state index in [2.05, 4.69) is 21.8 Å². The molecule has 1 spiro atoms. The minimum atomic E-state index is -0.143. The van der Waals surface area contributed by atoms with Gasteiger partial charge in [-0.1, -0.05) is 36.7 Å². The van der Waals surface area contributed by atoms with Crippen LogP contribution in [-0.2, 0) is 7.05 Å². The quantitative estimate of drug-likeness (QED) is 0.811. The zero-order valence-corrected chi connectivity index (χ0v) is 17.9. The van der Waals surface area contributed by atoms with Gasteiger partial charge in [0.15, 0.2) is 0 Å². The van der Waals surface area contributed by atoms with Crippen LogP contribution in [0.5, 0.6) is 0 Å². The number of piperidine rings is 1. The second-order valence-corrected chi connectivity index (χ2v) is 9.69. The SMILES string of the molecule is C[C@H]1CCC2(CCN(c3nc(N)c(Sc4ccncc4Cl)c(=O)n3C)CC2)C1. The highest BCUT2D eigenvalue weighted by Crippen LogP contribution is 2.49. The molecule has 1 aliphatic heterocycles. The molecule has 2 aromatic rings. The molecular formula is C20H26ClN5OS. The van der Waals surface area contributed by atoms with Gasteiger partial charge in [0, 0.05) is 37.4 Å². The van der Waals surface area contributed by atoms with Crippen molar-refractivity contribution in [2.24, 2.45) is 18.4 Å². The van der Waals surface area contributed by atoms with E-state index in [9.17, 15) is 4.79 Å². The van der Waals surface area contributed by atoms with E-state index in [-0.39, 0.29) is 11.4 Å². The fourth-order valence-corrected chi connectivity index (χ4v) is 5.76. The third kappa shape index (κ3) is 3.62. The van der Waals surface area contributed by atoms with Crippen LogP contribution in [0.15, 0.2) is 33.0 Å². The highest BCUT2D eigenvalue weighted by Gasteiger charge is 2.40. The zero-order valence-electron chi connectivity index (χ0n) is 16.3. The van der Waals surface area contributed by atoms with E-state index >= 15 is 0 Å². The molecule has 1 saturated carbocycles. The van der Waals surface area contributed by atoms with Crippen molar-refractivity contribution in [1.29, 1.82) is 0 Å². The number of pyridine rings is 1. The van der Waals surface area contributed by atoms with Crippen molar-refractivity contribution in [3.8, 4) is 0 Å². The number of halogens is 1. The summed E-state index contributed by atoms with van der Waals surface area (Å²) in [7, 11) is 1.77. The standard InChI is InChI=1S/C20H26ClN5OS/c1-13-3-5-20(11-13)6-9-26(10-7-20)19-24-17(22)16(18(27)25(19)2)28-15-4-8-23-12-14(15)21/h4,8,12-13H,3,5-7,9-11,22H2,1-2H3/t13-/m0/s1.